The summed E-state index contributed by atoms with van der Waals surface area (Å²) in [6.07, 6.45) is 9.97. The zero-order valence-corrected chi connectivity index (χ0v) is 8.11. The number of aromatic nitrogens is 1. The van der Waals surface area contributed by atoms with E-state index in [4.69, 9.17) is 0 Å². The molecule has 0 aliphatic carbocycles. The summed E-state index contributed by atoms with van der Waals surface area (Å²) in [6, 6.07) is 5.49. The van der Waals surface area contributed by atoms with Gasteiger partial charge in [0.05, 0.1) is 0 Å². The van der Waals surface area contributed by atoms with E-state index in [0.717, 1.165) is 0 Å². The van der Waals surface area contributed by atoms with Gasteiger partial charge in [-0.05, 0) is 36.5 Å². The minimum atomic E-state index is 0.615. The largest absolute Gasteiger partial charge is 0.307 e. The fraction of sp³-hybridized carbons (Fsp3) is 0.417. The summed E-state index contributed by atoms with van der Waals surface area (Å²) in [5.74, 6) is 0. The molecule has 0 saturated carbocycles. The minimum absolute atomic E-state index is 0.615. The molecule has 2 aliphatic heterocycles. The van der Waals surface area contributed by atoms with Crippen molar-refractivity contribution in [1.82, 2.24) is 10.3 Å². The molecule has 14 heavy (non-hydrogen) atoms. The number of hydrogen-bond donors (Lipinski definition) is 1. The Bertz CT molecular complexity index is 356. The van der Waals surface area contributed by atoms with Crippen LogP contribution in [0.2, 0.25) is 0 Å². The maximum absolute atomic E-state index is 4.17. The molecule has 1 N–H and O–H groups in total. The second-order valence-corrected chi connectivity index (χ2v) is 4.19. The summed E-state index contributed by atoms with van der Waals surface area (Å²) in [5.41, 5.74) is 2.77. The molecule has 0 spiro atoms. The Morgan fingerprint density at radius 1 is 1.36 bits per heavy atom. The number of nitrogens with one attached hydrogen (secondary N) is 1. The molecule has 0 radical (unpaired) electrons. The Balaban J connectivity index is 1.93. The Morgan fingerprint density at radius 3 is 3.14 bits per heavy atom. The van der Waals surface area contributed by atoms with Crippen LogP contribution >= 0.6 is 0 Å². The first-order valence-corrected chi connectivity index (χ1v) is 5.29. The fourth-order valence-corrected chi connectivity index (χ4v) is 2.49. The summed E-state index contributed by atoms with van der Waals surface area (Å²) >= 11 is 0. The molecular weight excluding hydrogens is 172 g/mol. The van der Waals surface area contributed by atoms with Crippen molar-refractivity contribution < 1.29 is 0 Å². The van der Waals surface area contributed by atoms with Gasteiger partial charge in [-0.15, -0.1) is 0 Å². The van der Waals surface area contributed by atoms with E-state index in [-0.39, 0.29) is 0 Å². The average Bonchev–Trinajstić information content (AvgIpc) is 2.59. The lowest BCUT2D eigenvalue weighted by atomic mass is 9.98. The number of pyridine rings is 1. The quantitative estimate of drug-likeness (QED) is 0.725. The molecule has 1 fully saturated rings. The lowest BCUT2D eigenvalue weighted by Gasteiger charge is -2.21. The van der Waals surface area contributed by atoms with Crippen LogP contribution in [0.25, 0.3) is 5.57 Å². The molecule has 0 aromatic carbocycles. The van der Waals surface area contributed by atoms with Crippen LogP contribution in [-0.4, -0.2) is 17.1 Å². The summed E-state index contributed by atoms with van der Waals surface area (Å²) < 4.78 is 0. The van der Waals surface area contributed by atoms with Crippen molar-refractivity contribution in [3.05, 3.63) is 36.2 Å². The van der Waals surface area contributed by atoms with Crippen molar-refractivity contribution in [3.8, 4) is 0 Å². The van der Waals surface area contributed by atoms with Gasteiger partial charge in [0.1, 0.15) is 0 Å². The highest BCUT2D eigenvalue weighted by molar-refractivity contribution is 5.67. The van der Waals surface area contributed by atoms with Crippen LogP contribution in [-0.2, 0) is 0 Å². The van der Waals surface area contributed by atoms with Crippen LogP contribution in [0.3, 0.4) is 0 Å². The molecule has 2 heteroatoms. The Morgan fingerprint density at radius 2 is 2.36 bits per heavy atom. The molecule has 1 aromatic rings. The van der Waals surface area contributed by atoms with Crippen LogP contribution in [0.5, 0.6) is 0 Å². The van der Waals surface area contributed by atoms with Crippen LogP contribution in [0.15, 0.2) is 30.6 Å². The fourth-order valence-electron chi connectivity index (χ4n) is 2.49. The Hall–Kier alpha value is -1.15. The van der Waals surface area contributed by atoms with Crippen LogP contribution in [0, 0.1) is 0 Å². The first kappa shape index (κ1) is 8.18. The lowest BCUT2D eigenvalue weighted by Crippen LogP contribution is -2.31. The van der Waals surface area contributed by atoms with Gasteiger partial charge in [0.2, 0.25) is 0 Å². The molecule has 2 atom stereocenters. The molecule has 3 rings (SSSR count). The van der Waals surface area contributed by atoms with Gasteiger partial charge in [0, 0.05) is 24.5 Å². The van der Waals surface area contributed by atoms with E-state index < -0.39 is 0 Å². The third-order valence-electron chi connectivity index (χ3n) is 3.18. The van der Waals surface area contributed by atoms with Gasteiger partial charge in [-0.1, -0.05) is 12.1 Å². The molecule has 2 aliphatic rings. The highest BCUT2D eigenvalue weighted by Crippen LogP contribution is 2.31. The van der Waals surface area contributed by atoms with Gasteiger partial charge < -0.3 is 5.32 Å². The zero-order valence-electron chi connectivity index (χ0n) is 8.11. The van der Waals surface area contributed by atoms with E-state index in [1.54, 1.807) is 0 Å². The topological polar surface area (TPSA) is 24.9 Å². The van der Waals surface area contributed by atoms with E-state index >= 15 is 0 Å². The summed E-state index contributed by atoms with van der Waals surface area (Å²) in [7, 11) is 0. The maximum Gasteiger partial charge on any atom is 0.0342 e. The maximum atomic E-state index is 4.17. The van der Waals surface area contributed by atoms with Crippen LogP contribution in [0.1, 0.15) is 24.8 Å². The summed E-state index contributed by atoms with van der Waals surface area (Å²) in [4.78, 5) is 4.17. The summed E-state index contributed by atoms with van der Waals surface area (Å²) in [5, 5.41) is 3.59. The molecule has 72 valence electrons. The number of fused-ring (bicyclic) bond motifs is 2. The predicted octanol–water partition coefficient (Wildman–Crippen LogP) is 1.99. The van der Waals surface area contributed by atoms with Crippen molar-refractivity contribution in [2.45, 2.75) is 31.3 Å². The summed E-state index contributed by atoms with van der Waals surface area (Å²) in [6.45, 7) is 0. The van der Waals surface area contributed by atoms with Gasteiger partial charge in [-0.25, -0.2) is 0 Å². The lowest BCUT2D eigenvalue weighted by molar-refractivity contribution is 0.575. The van der Waals surface area contributed by atoms with Gasteiger partial charge in [0.15, 0.2) is 0 Å². The molecule has 1 saturated heterocycles. The third kappa shape index (κ3) is 1.36. The Labute approximate surface area is 84.1 Å². The van der Waals surface area contributed by atoms with E-state index in [1.165, 1.54) is 30.4 Å². The number of hydrogen-bond acceptors (Lipinski definition) is 2. The minimum Gasteiger partial charge on any atom is -0.307 e. The first-order chi connectivity index (χ1) is 6.92. The normalized spacial score (nSPS) is 30.1. The van der Waals surface area contributed by atoms with E-state index in [2.05, 4.69) is 22.4 Å². The average molecular weight is 186 g/mol. The number of rotatable bonds is 1. The first-order valence-electron chi connectivity index (χ1n) is 5.29. The molecular formula is C12H14N2. The van der Waals surface area contributed by atoms with E-state index in [1.807, 2.05) is 18.5 Å². The predicted molar refractivity (Wildman–Crippen MR) is 56.8 cm³/mol. The van der Waals surface area contributed by atoms with Crippen LogP contribution < -0.4 is 5.32 Å². The highest BCUT2D eigenvalue weighted by atomic mass is 15.0. The third-order valence-corrected chi connectivity index (χ3v) is 3.18. The monoisotopic (exact) mass is 186 g/mol. The molecule has 3 heterocycles. The number of nitrogens with zero attached hydrogens (tertiary/aromatic N) is 1. The molecule has 2 bridgehead atoms. The van der Waals surface area contributed by atoms with Gasteiger partial charge >= 0.3 is 0 Å². The van der Waals surface area contributed by atoms with E-state index in [0.29, 0.717) is 12.1 Å². The molecule has 1 aromatic heterocycles. The van der Waals surface area contributed by atoms with Gasteiger partial charge in [-0.3, -0.25) is 4.98 Å². The Kier molecular flexibility index (Phi) is 1.88. The zero-order chi connectivity index (χ0) is 9.38. The smallest absolute Gasteiger partial charge is 0.0342 e. The molecule has 2 nitrogen and oxygen atoms in total. The van der Waals surface area contributed by atoms with E-state index in [9.17, 15) is 0 Å². The van der Waals surface area contributed by atoms with Crippen molar-refractivity contribution in [3.63, 3.8) is 0 Å². The molecule has 0 unspecified atom stereocenters. The molecule has 0 amide bonds. The van der Waals surface area contributed by atoms with Crippen molar-refractivity contribution in [1.29, 1.82) is 0 Å². The SMILES string of the molecule is C1=C(c2cccnc2)C[C@H]2CC[C@@H]1N2. The van der Waals surface area contributed by atoms with Crippen LogP contribution in [0.4, 0.5) is 0 Å². The van der Waals surface area contributed by atoms with Gasteiger partial charge in [-0.2, -0.15) is 0 Å². The van der Waals surface area contributed by atoms with Crippen molar-refractivity contribution >= 4 is 5.57 Å². The van der Waals surface area contributed by atoms with Crippen molar-refractivity contribution in [2.24, 2.45) is 0 Å². The second kappa shape index (κ2) is 3.21. The standard InChI is InChI=1S/C12H14N2/c1-2-9(8-13-5-1)10-6-11-3-4-12(7-10)14-11/h1-2,5-6,8,11-12,14H,3-4,7H2/t11-,12+/m0/s1. The van der Waals surface area contributed by atoms with Gasteiger partial charge in [0.25, 0.3) is 0 Å². The van der Waals surface area contributed by atoms with Crippen molar-refractivity contribution in [2.75, 3.05) is 0 Å². The second-order valence-electron chi connectivity index (χ2n) is 4.19. The highest BCUT2D eigenvalue weighted by Gasteiger charge is 2.27.